The highest BCUT2D eigenvalue weighted by Gasteiger charge is 2.40. The van der Waals surface area contributed by atoms with Gasteiger partial charge in [0.1, 0.15) is 5.75 Å². The molecule has 1 heterocycles. The first-order chi connectivity index (χ1) is 10.7. The first-order valence-corrected chi connectivity index (χ1v) is 7.93. The SMILES string of the molecule is COc1cc(OC)c(OC)cc1CN1CC2CCC(N)C2C1. The van der Waals surface area contributed by atoms with E-state index in [2.05, 4.69) is 4.90 Å². The molecule has 1 aliphatic carbocycles. The maximum Gasteiger partial charge on any atom is 0.164 e. The number of benzene rings is 1. The van der Waals surface area contributed by atoms with Crippen molar-refractivity contribution in [2.24, 2.45) is 17.6 Å². The van der Waals surface area contributed by atoms with Crippen molar-refractivity contribution in [3.63, 3.8) is 0 Å². The van der Waals surface area contributed by atoms with E-state index in [9.17, 15) is 0 Å². The molecule has 2 fully saturated rings. The predicted octanol–water partition coefficient (Wildman–Crippen LogP) is 1.88. The molecule has 0 bridgehead atoms. The number of ether oxygens (including phenoxy) is 3. The number of fused-ring (bicyclic) bond motifs is 1. The number of nitrogens with zero attached hydrogens (tertiary/aromatic N) is 1. The Balaban J connectivity index is 1.77. The molecule has 1 saturated heterocycles. The van der Waals surface area contributed by atoms with Gasteiger partial charge in [-0.25, -0.2) is 0 Å². The van der Waals surface area contributed by atoms with E-state index in [1.165, 1.54) is 12.8 Å². The summed E-state index contributed by atoms with van der Waals surface area (Å²) in [7, 11) is 4.99. The molecule has 5 heteroatoms. The third-order valence-corrected chi connectivity index (χ3v) is 5.17. The molecule has 1 aromatic carbocycles. The average Bonchev–Trinajstić information content (AvgIpc) is 3.08. The maximum atomic E-state index is 6.23. The molecular formula is C17H26N2O3. The predicted molar refractivity (Wildman–Crippen MR) is 85.6 cm³/mol. The van der Waals surface area contributed by atoms with Crippen LogP contribution in [0.2, 0.25) is 0 Å². The monoisotopic (exact) mass is 306 g/mol. The van der Waals surface area contributed by atoms with Crippen LogP contribution in [-0.4, -0.2) is 45.4 Å². The van der Waals surface area contributed by atoms with Gasteiger partial charge in [0, 0.05) is 37.3 Å². The summed E-state index contributed by atoms with van der Waals surface area (Å²) < 4.78 is 16.3. The van der Waals surface area contributed by atoms with Crippen LogP contribution in [0.5, 0.6) is 17.2 Å². The fraction of sp³-hybridized carbons (Fsp3) is 0.647. The molecule has 1 aromatic rings. The van der Waals surface area contributed by atoms with E-state index < -0.39 is 0 Å². The van der Waals surface area contributed by atoms with Crippen molar-refractivity contribution >= 4 is 0 Å². The summed E-state index contributed by atoms with van der Waals surface area (Å²) in [5.74, 6) is 3.71. The molecule has 3 rings (SSSR count). The van der Waals surface area contributed by atoms with Crippen LogP contribution in [0.25, 0.3) is 0 Å². The van der Waals surface area contributed by atoms with Crippen molar-refractivity contribution in [3.8, 4) is 17.2 Å². The molecule has 3 atom stereocenters. The van der Waals surface area contributed by atoms with Crippen molar-refractivity contribution in [1.82, 2.24) is 4.90 Å². The summed E-state index contributed by atoms with van der Waals surface area (Å²) in [4.78, 5) is 2.48. The van der Waals surface area contributed by atoms with Crippen molar-refractivity contribution < 1.29 is 14.2 Å². The zero-order valence-electron chi connectivity index (χ0n) is 13.7. The van der Waals surface area contributed by atoms with Crippen LogP contribution in [-0.2, 0) is 6.54 Å². The highest BCUT2D eigenvalue weighted by atomic mass is 16.5. The minimum Gasteiger partial charge on any atom is -0.496 e. The highest BCUT2D eigenvalue weighted by Crippen LogP contribution is 2.40. The fourth-order valence-electron chi connectivity index (χ4n) is 3.99. The second kappa shape index (κ2) is 6.34. The molecule has 1 aliphatic heterocycles. The van der Waals surface area contributed by atoms with E-state index in [-0.39, 0.29) is 0 Å². The number of hydrogen-bond acceptors (Lipinski definition) is 5. The molecule has 0 radical (unpaired) electrons. The minimum absolute atomic E-state index is 0.377. The highest BCUT2D eigenvalue weighted by molar-refractivity contribution is 5.50. The Kier molecular flexibility index (Phi) is 4.45. The summed E-state index contributed by atoms with van der Waals surface area (Å²) >= 11 is 0. The summed E-state index contributed by atoms with van der Waals surface area (Å²) in [6, 6.07) is 4.30. The normalized spacial score (nSPS) is 27.7. The molecular weight excluding hydrogens is 280 g/mol. The second-order valence-electron chi connectivity index (χ2n) is 6.38. The number of likely N-dealkylation sites (tertiary alicyclic amines) is 1. The van der Waals surface area contributed by atoms with Gasteiger partial charge in [0.05, 0.1) is 21.3 Å². The van der Waals surface area contributed by atoms with E-state index in [1.807, 2.05) is 12.1 Å². The summed E-state index contributed by atoms with van der Waals surface area (Å²) in [6.07, 6.45) is 2.45. The van der Waals surface area contributed by atoms with Crippen LogP contribution in [0.15, 0.2) is 12.1 Å². The molecule has 1 saturated carbocycles. The second-order valence-corrected chi connectivity index (χ2v) is 6.38. The van der Waals surface area contributed by atoms with Gasteiger partial charge in [-0.2, -0.15) is 0 Å². The molecule has 3 unspecified atom stereocenters. The summed E-state index contributed by atoms with van der Waals surface area (Å²) in [6.45, 7) is 3.09. The fourth-order valence-corrected chi connectivity index (χ4v) is 3.99. The maximum absolute atomic E-state index is 6.23. The number of nitrogens with two attached hydrogens (primary N) is 1. The van der Waals surface area contributed by atoms with E-state index in [1.54, 1.807) is 21.3 Å². The third-order valence-electron chi connectivity index (χ3n) is 5.17. The molecule has 2 N–H and O–H groups in total. The largest absolute Gasteiger partial charge is 0.496 e. The molecule has 0 amide bonds. The van der Waals surface area contributed by atoms with Gasteiger partial charge in [-0.3, -0.25) is 4.90 Å². The van der Waals surface area contributed by atoms with Crippen LogP contribution in [0, 0.1) is 11.8 Å². The first-order valence-electron chi connectivity index (χ1n) is 7.93. The van der Waals surface area contributed by atoms with Gasteiger partial charge < -0.3 is 19.9 Å². The molecule has 0 spiro atoms. The Hall–Kier alpha value is -1.46. The lowest BCUT2D eigenvalue weighted by Crippen LogP contribution is -2.30. The molecule has 22 heavy (non-hydrogen) atoms. The Morgan fingerprint density at radius 3 is 2.32 bits per heavy atom. The van der Waals surface area contributed by atoms with Gasteiger partial charge in [0.15, 0.2) is 11.5 Å². The number of rotatable bonds is 5. The van der Waals surface area contributed by atoms with Crippen LogP contribution >= 0.6 is 0 Å². The Morgan fingerprint density at radius 2 is 1.68 bits per heavy atom. The van der Waals surface area contributed by atoms with Gasteiger partial charge >= 0.3 is 0 Å². The zero-order valence-corrected chi connectivity index (χ0v) is 13.7. The molecule has 5 nitrogen and oxygen atoms in total. The van der Waals surface area contributed by atoms with Crippen molar-refractivity contribution in [2.45, 2.75) is 25.4 Å². The lowest BCUT2D eigenvalue weighted by atomic mass is 9.98. The number of hydrogen-bond donors (Lipinski definition) is 1. The summed E-state index contributed by atoms with van der Waals surface area (Å²) in [5, 5.41) is 0. The molecule has 2 aliphatic rings. The van der Waals surface area contributed by atoms with Gasteiger partial charge in [-0.15, -0.1) is 0 Å². The van der Waals surface area contributed by atoms with E-state index in [0.717, 1.165) is 42.6 Å². The quantitative estimate of drug-likeness (QED) is 0.900. The lowest BCUT2D eigenvalue weighted by Gasteiger charge is -2.21. The van der Waals surface area contributed by atoms with Gasteiger partial charge in [-0.1, -0.05) is 0 Å². The van der Waals surface area contributed by atoms with E-state index in [4.69, 9.17) is 19.9 Å². The average molecular weight is 306 g/mol. The number of methoxy groups -OCH3 is 3. The van der Waals surface area contributed by atoms with Crippen LogP contribution in [0.1, 0.15) is 18.4 Å². The standard InChI is InChI=1S/C17H26N2O3/c1-20-15-7-17(22-3)16(21-2)6-12(15)9-19-8-11-4-5-14(18)13(11)10-19/h6-7,11,13-14H,4-5,8-10,18H2,1-3H3. The zero-order chi connectivity index (χ0) is 15.7. The van der Waals surface area contributed by atoms with E-state index >= 15 is 0 Å². The Labute approximate surface area is 132 Å². The van der Waals surface area contributed by atoms with Gasteiger partial charge in [0.25, 0.3) is 0 Å². The van der Waals surface area contributed by atoms with E-state index in [0.29, 0.717) is 17.7 Å². The van der Waals surface area contributed by atoms with Gasteiger partial charge in [0.2, 0.25) is 0 Å². The Morgan fingerprint density at radius 1 is 1.00 bits per heavy atom. The Bertz CT molecular complexity index is 535. The minimum atomic E-state index is 0.377. The van der Waals surface area contributed by atoms with Crippen molar-refractivity contribution in [1.29, 1.82) is 0 Å². The van der Waals surface area contributed by atoms with Crippen molar-refractivity contribution in [3.05, 3.63) is 17.7 Å². The third kappa shape index (κ3) is 2.75. The summed E-state index contributed by atoms with van der Waals surface area (Å²) in [5.41, 5.74) is 7.36. The lowest BCUT2D eigenvalue weighted by molar-refractivity contribution is 0.289. The van der Waals surface area contributed by atoms with Crippen LogP contribution < -0.4 is 19.9 Å². The van der Waals surface area contributed by atoms with Crippen LogP contribution in [0.3, 0.4) is 0 Å². The first kappa shape index (κ1) is 15.4. The van der Waals surface area contributed by atoms with Crippen LogP contribution in [0.4, 0.5) is 0 Å². The van der Waals surface area contributed by atoms with Gasteiger partial charge in [-0.05, 0) is 30.7 Å². The topological polar surface area (TPSA) is 57.0 Å². The smallest absolute Gasteiger partial charge is 0.164 e. The van der Waals surface area contributed by atoms with Crippen molar-refractivity contribution in [2.75, 3.05) is 34.4 Å². The molecule has 122 valence electrons. The molecule has 0 aromatic heterocycles.